The van der Waals surface area contributed by atoms with E-state index in [1.807, 2.05) is 36.2 Å². The van der Waals surface area contributed by atoms with Crippen molar-refractivity contribution in [2.75, 3.05) is 20.8 Å². The van der Waals surface area contributed by atoms with Crippen molar-refractivity contribution in [2.45, 2.75) is 13.5 Å². The molecule has 0 aliphatic heterocycles. The molecule has 88 valence electrons. The number of carbonyl (C=O) groups is 1. The van der Waals surface area contributed by atoms with E-state index < -0.39 is 0 Å². The van der Waals surface area contributed by atoms with E-state index in [1.165, 1.54) is 12.5 Å². The van der Waals surface area contributed by atoms with Crippen LogP contribution in [0.2, 0.25) is 0 Å². The van der Waals surface area contributed by atoms with Crippen LogP contribution in [-0.4, -0.2) is 31.6 Å². The van der Waals surface area contributed by atoms with E-state index >= 15 is 0 Å². The minimum absolute atomic E-state index is 0.0124. The standard InChI is InChI=1S/C12H18N2O2/c1-10(15)13-9-14(2)8-11-4-6-12(16-3)7-5-11/h4-7H,8-9H2,1-3H3,(H,13,15). The minimum atomic E-state index is -0.0124. The van der Waals surface area contributed by atoms with Gasteiger partial charge in [0.2, 0.25) is 5.91 Å². The fourth-order valence-electron chi connectivity index (χ4n) is 1.34. The second-order valence-electron chi connectivity index (χ2n) is 3.75. The third kappa shape index (κ3) is 4.31. The Morgan fingerprint density at radius 3 is 2.50 bits per heavy atom. The molecule has 1 aromatic carbocycles. The van der Waals surface area contributed by atoms with E-state index in [0.29, 0.717) is 6.67 Å². The van der Waals surface area contributed by atoms with Gasteiger partial charge in [0.25, 0.3) is 0 Å². The Morgan fingerprint density at radius 2 is 2.00 bits per heavy atom. The Hall–Kier alpha value is -1.55. The van der Waals surface area contributed by atoms with Crippen LogP contribution in [0.4, 0.5) is 0 Å². The third-order valence-electron chi connectivity index (χ3n) is 2.21. The molecule has 0 atom stereocenters. The van der Waals surface area contributed by atoms with Crippen LogP contribution in [0.3, 0.4) is 0 Å². The monoisotopic (exact) mass is 222 g/mol. The molecule has 0 spiro atoms. The third-order valence-corrected chi connectivity index (χ3v) is 2.21. The lowest BCUT2D eigenvalue weighted by Crippen LogP contribution is -2.33. The van der Waals surface area contributed by atoms with Crippen molar-refractivity contribution < 1.29 is 9.53 Å². The molecule has 0 saturated heterocycles. The lowest BCUT2D eigenvalue weighted by atomic mass is 10.2. The summed E-state index contributed by atoms with van der Waals surface area (Å²) in [6.45, 7) is 2.87. The van der Waals surface area contributed by atoms with Crippen molar-refractivity contribution in [2.24, 2.45) is 0 Å². The predicted octanol–water partition coefficient (Wildman–Crippen LogP) is 1.22. The lowest BCUT2D eigenvalue weighted by molar-refractivity contribution is -0.119. The normalized spacial score (nSPS) is 10.2. The van der Waals surface area contributed by atoms with E-state index in [-0.39, 0.29) is 5.91 Å². The summed E-state index contributed by atoms with van der Waals surface area (Å²) in [5, 5.41) is 2.75. The predicted molar refractivity (Wildman–Crippen MR) is 63.1 cm³/mol. The molecule has 0 unspecified atom stereocenters. The largest absolute Gasteiger partial charge is 0.497 e. The zero-order chi connectivity index (χ0) is 12.0. The van der Waals surface area contributed by atoms with E-state index in [4.69, 9.17) is 4.74 Å². The highest BCUT2D eigenvalue weighted by atomic mass is 16.5. The van der Waals surface area contributed by atoms with Crippen molar-refractivity contribution in [3.63, 3.8) is 0 Å². The summed E-state index contributed by atoms with van der Waals surface area (Å²) in [6, 6.07) is 7.90. The van der Waals surface area contributed by atoms with Crippen molar-refractivity contribution in [1.82, 2.24) is 10.2 Å². The fourth-order valence-corrected chi connectivity index (χ4v) is 1.34. The van der Waals surface area contributed by atoms with Gasteiger partial charge in [-0.2, -0.15) is 0 Å². The first-order valence-corrected chi connectivity index (χ1v) is 5.17. The molecular formula is C12H18N2O2. The summed E-state index contributed by atoms with van der Waals surface area (Å²) < 4.78 is 5.08. The van der Waals surface area contributed by atoms with Gasteiger partial charge < -0.3 is 10.1 Å². The van der Waals surface area contributed by atoms with Crippen LogP contribution in [-0.2, 0) is 11.3 Å². The Kier molecular flexibility index (Phi) is 4.79. The summed E-state index contributed by atoms with van der Waals surface area (Å²) in [5.41, 5.74) is 1.19. The summed E-state index contributed by atoms with van der Waals surface area (Å²) in [5.74, 6) is 0.842. The van der Waals surface area contributed by atoms with Gasteiger partial charge in [0.1, 0.15) is 5.75 Å². The molecule has 1 amide bonds. The Morgan fingerprint density at radius 1 is 1.38 bits per heavy atom. The number of methoxy groups -OCH3 is 1. The molecule has 0 aliphatic carbocycles. The maximum absolute atomic E-state index is 10.7. The first kappa shape index (κ1) is 12.5. The zero-order valence-corrected chi connectivity index (χ0v) is 9.99. The van der Waals surface area contributed by atoms with Gasteiger partial charge >= 0.3 is 0 Å². The molecule has 0 fully saturated rings. The van der Waals surface area contributed by atoms with Crippen LogP contribution in [0.1, 0.15) is 12.5 Å². The van der Waals surface area contributed by atoms with Gasteiger partial charge in [-0.1, -0.05) is 12.1 Å². The molecule has 4 nitrogen and oxygen atoms in total. The Labute approximate surface area is 96.2 Å². The molecule has 0 bridgehead atoms. The minimum Gasteiger partial charge on any atom is -0.497 e. The number of amides is 1. The quantitative estimate of drug-likeness (QED) is 0.762. The smallest absolute Gasteiger partial charge is 0.217 e. The van der Waals surface area contributed by atoms with E-state index in [1.54, 1.807) is 7.11 Å². The molecule has 1 rings (SSSR count). The van der Waals surface area contributed by atoms with Gasteiger partial charge in [0.15, 0.2) is 0 Å². The molecule has 0 aromatic heterocycles. The number of nitrogens with zero attached hydrogens (tertiary/aromatic N) is 1. The van der Waals surface area contributed by atoms with Gasteiger partial charge in [-0.05, 0) is 24.7 Å². The van der Waals surface area contributed by atoms with Crippen molar-refractivity contribution in [1.29, 1.82) is 0 Å². The van der Waals surface area contributed by atoms with Crippen LogP contribution in [0, 0.1) is 0 Å². The molecule has 16 heavy (non-hydrogen) atoms. The summed E-state index contributed by atoms with van der Waals surface area (Å²) >= 11 is 0. The van der Waals surface area contributed by atoms with Gasteiger partial charge in [-0.3, -0.25) is 9.69 Å². The maximum atomic E-state index is 10.7. The number of carbonyl (C=O) groups excluding carboxylic acids is 1. The lowest BCUT2D eigenvalue weighted by Gasteiger charge is -2.16. The number of hydrogen-bond acceptors (Lipinski definition) is 3. The molecule has 0 radical (unpaired) electrons. The maximum Gasteiger partial charge on any atom is 0.217 e. The van der Waals surface area contributed by atoms with Gasteiger partial charge in [-0.15, -0.1) is 0 Å². The molecule has 0 aliphatic rings. The number of hydrogen-bond donors (Lipinski definition) is 1. The number of nitrogens with one attached hydrogen (secondary N) is 1. The average Bonchev–Trinajstić information content (AvgIpc) is 2.27. The Balaban J connectivity index is 2.43. The van der Waals surface area contributed by atoms with Gasteiger partial charge in [0, 0.05) is 13.5 Å². The average molecular weight is 222 g/mol. The van der Waals surface area contributed by atoms with Crippen molar-refractivity contribution in [3.8, 4) is 5.75 Å². The first-order chi connectivity index (χ1) is 7.61. The van der Waals surface area contributed by atoms with Crippen LogP contribution >= 0.6 is 0 Å². The molecule has 4 heteroatoms. The highest BCUT2D eigenvalue weighted by Gasteiger charge is 2.01. The number of benzene rings is 1. The van der Waals surface area contributed by atoms with Gasteiger partial charge in [0.05, 0.1) is 13.8 Å². The van der Waals surface area contributed by atoms with Crippen LogP contribution < -0.4 is 10.1 Å². The van der Waals surface area contributed by atoms with E-state index in [0.717, 1.165) is 12.3 Å². The second kappa shape index (κ2) is 6.12. The Bertz CT molecular complexity index is 335. The van der Waals surface area contributed by atoms with Crippen molar-refractivity contribution in [3.05, 3.63) is 29.8 Å². The highest BCUT2D eigenvalue weighted by molar-refractivity contribution is 5.72. The summed E-state index contributed by atoms with van der Waals surface area (Å²) in [6.07, 6.45) is 0. The summed E-state index contributed by atoms with van der Waals surface area (Å²) in [7, 11) is 3.61. The molecular weight excluding hydrogens is 204 g/mol. The SMILES string of the molecule is COc1ccc(CN(C)CNC(C)=O)cc1. The first-order valence-electron chi connectivity index (χ1n) is 5.17. The van der Waals surface area contributed by atoms with Crippen LogP contribution in [0.5, 0.6) is 5.75 Å². The molecule has 1 aromatic rings. The molecule has 0 heterocycles. The molecule has 0 saturated carbocycles. The number of ether oxygens (including phenoxy) is 1. The summed E-state index contributed by atoms with van der Waals surface area (Å²) in [4.78, 5) is 12.8. The zero-order valence-electron chi connectivity index (χ0n) is 9.99. The van der Waals surface area contributed by atoms with E-state index in [9.17, 15) is 4.79 Å². The topological polar surface area (TPSA) is 41.6 Å². The number of rotatable bonds is 5. The van der Waals surface area contributed by atoms with E-state index in [2.05, 4.69) is 5.32 Å². The van der Waals surface area contributed by atoms with Crippen molar-refractivity contribution >= 4 is 5.91 Å². The van der Waals surface area contributed by atoms with Crippen LogP contribution in [0.25, 0.3) is 0 Å². The van der Waals surface area contributed by atoms with Crippen LogP contribution in [0.15, 0.2) is 24.3 Å². The highest BCUT2D eigenvalue weighted by Crippen LogP contribution is 2.12. The molecule has 1 N–H and O–H groups in total. The fraction of sp³-hybridized carbons (Fsp3) is 0.417. The van der Waals surface area contributed by atoms with Gasteiger partial charge in [-0.25, -0.2) is 0 Å². The second-order valence-corrected chi connectivity index (χ2v) is 3.75.